The fourth-order valence-electron chi connectivity index (χ4n) is 0.669. The number of non-ortho nitro benzene ring substituents is 1. The summed E-state index contributed by atoms with van der Waals surface area (Å²) in [4.78, 5) is 12.4. The Kier molecular flexibility index (Phi) is 4.88. The maximum atomic E-state index is 10.2. The largest absolute Gasteiger partial charge is 0.673 e. The number of diazo groups is 1. The Morgan fingerprint density at radius 2 is 1.81 bits per heavy atom. The molecule has 0 aliphatic heterocycles. The maximum absolute atomic E-state index is 10.2. The van der Waals surface area contributed by atoms with Crippen molar-refractivity contribution in [2.24, 2.45) is 0 Å². The molecule has 1 aromatic carbocycles. The number of hydrogen-bond acceptors (Lipinski definition) is 3. The van der Waals surface area contributed by atoms with Crippen LogP contribution in [0.2, 0.25) is 0 Å². The second kappa shape index (κ2) is 5.64. The summed E-state index contributed by atoms with van der Waals surface area (Å²) in [5.74, 6) is 0. The highest BCUT2D eigenvalue weighted by atomic mass is 19.5. The standard InChI is InChI=1S/C6H4N3O2.BF4/c7-8-5-2-1-3-6(4-5)9(10)11;2-1(3,4)5/h1-4H;/q+1;-1. The van der Waals surface area contributed by atoms with Gasteiger partial charge in [0.05, 0.1) is 4.92 Å². The molecule has 0 radical (unpaired) electrons. The minimum absolute atomic E-state index is 0.0831. The Morgan fingerprint density at radius 3 is 2.19 bits per heavy atom. The Bertz CT molecular complexity index is 411. The Morgan fingerprint density at radius 1 is 1.31 bits per heavy atom. The average Bonchev–Trinajstić information content (AvgIpc) is 2.15. The SMILES string of the molecule is F[B-](F)(F)F.N#[N+]c1cccc([N+](=O)[O-])c1. The van der Waals surface area contributed by atoms with Gasteiger partial charge in [0, 0.05) is 12.1 Å². The van der Waals surface area contributed by atoms with Crippen molar-refractivity contribution in [1.82, 2.24) is 0 Å². The van der Waals surface area contributed by atoms with Crippen molar-refractivity contribution in [3.05, 3.63) is 39.4 Å². The van der Waals surface area contributed by atoms with Crippen LogP contribution in [0.25, 0.3) is 4.98 Å². The first-order chi connectivity index (χ1) is 7.24. The zero-order valence-corrected chi connectivity index (χ0v) is 7.56. The molecule has 0 atom stereocenters. The van der Waals surface area contributed by atoms with Crippen LogP contribution >= 0.6 is 0 Å². The van der Waals surface area contributed by atoms with Gasteiger partial charge < -0.3 is 17.3 Å². The highest BCUT2D eigenvalue weighted by Gasteiger charge is 2.20. The molecule has 86 valence electrons. The van der Waals surface area contributed by atoms with E-state index in [2.05, 4.69) is 4.98 Å². The van der Waals surface area contributed by atoms with Gasteiger partial charge in [-0.15, -0.1) is 0 Å². The third-order valence-corrected chi connectivity index (χ3v) is 1.16. The molecule has 10 heteroatoms. The van der Waals surface area contributed by atoms with Crippen LogP contribution in [0, 0.1) is 15.5 Å². The van der Waals surface area contributed by atoms with Gasteiger partial charge in [-0.3, -0.25) is 10.1 Å². The summed E-state index contributed by atoms with van der Waals surface area (Å²) in [6.45, 7) is 0. The van der Waals surface area contributed by atoms with E-state index >= 15 is 0 Å². The smallest absolute Gasteiger partial charge is 0.418 e. The zero-order valence-electron chi connectivity index (χ0n) is 7.56. The van der Waals surface area contributed by atoms with E-state index in [0.717, 1.165) is 0 Å². The van der Waals surface area contributed by atoms with Crippen LogP contribution in [0.4, 0.5) is 28.6 Å². The number of rotatable bonds is 1. The molecule has 0 saturated carbocycles. The molecule has 0 spiro atoms. The number of nitro groups is 1. The number of hydrogen-bond donors (Lipinski definition) is 0. The lowest BCUT2D eigenvalue weighted by atomic mass is 10.3. The van der Waals surface area contributed by atoms with Gasteiger partial charge in [-0.05, 0) is 6.07 Å². The molecular formula is C6H4BF4N3O2. The van der Waals surface area contributed by atoms with Gasteiger partial charge in [-0.1, -0.05) is 0 Å². The van der Waals surface area contributed by atoms with Crippen LogP contribution in [0.3, 0.4) is 0 Å². The van der Waals surface area contributed by atoms with Gasteiger partial charge in [0.2, 0.25) is 5.39 Å². The molecule has 0 aromatic heterocycles. The summed E-state index contributed by atoms with van der Waals surface area (Å²) < 4.78 is 39.0. The van der Waals surface area contributed by atoms with Gasteiger partial charge in [0.15, 0.2) is 4.98 Å². The van der Waals surface area contributed by atoms with Crippen LogP contribution in [0.1, 0.15) is 0 Å². The first-order valence-electron chi connectivity index (χ1n) is 3.71. The molecule has 0 unspecified atom stereocenters. The summed E-state index contributed by atoms with van der Waals surface area (Å²) in [6.07, 6.45) is 0. The molecule has 0 N–H and O–H groups in total. The minimum atomic E-state index is -6.00. The Hall–Kier alpha value is -2.18. The highest BCUT2D eigenvalue weighted by Crippen LogP contribution is 2.18. The van der Waals surface area contributed by atoms with E-state index in [4.69, 9.17) is 5.39 Å². The van der Waals surface area contributed by atoms with Gasteiger partial charge in [-0.2, -0.15) is 0 Å². The first-order valence-corrected chi connectivity index (χ1v) is 3.71. The fourth-order valence-corrected chi connectivity index (χ4v) is 0.669. The van der Waals surface area contributed by atoms with Gasteiger partial charge in [-0.25, -0.2) is 0 Å². The third-order valence-electron chi connectivity index (χ3n) is 1.16. The summed E-state index contributed by atoms with van der Waals surface area (Å²) in [6, 6.07) is 5.43. The van der Waals surface area contributed by atoms with Crippen molar-refractivity contribution in [3.63, 3.8) is 0 Å². The van der Waals surface area contributed by atoms with Crippen molar-refractivity contribution in [2.75, 3.05) is 0 Å². The molecule has 0 fully saturated rings. The van der Waals surface area contributed by atoms with Crippen molar-refractivity contribution in [3.8, 4) is 0 Å². The summed E-state index contributed by atoms with van der Waals surface area (Å²) >= 11 is 0. The molecule has 0 aliphatic rings. The third kappa shape index (κ3) is 7.25. The van der Waals surface area contributed by atoms with Crippen LogP contribution in [0.15, 0.2) is 24.3 Å². The predicted molar refractivity (Wildman–Crippen MR) is 48.0 cm³/mol. The number of benzene rings is 1. The molecule has 5 nitrogen and oxygen atoms in total. The molecule has 0 heterocycles. The molecule has 1 aromatic rings. The monoisotopic (exact) mass is 237 g/mol. The Balaban J connectivity index is 0.000000385. The maximum Gasteiger partial charge on any atom is 0.673 e. The Labute approximate surface area is 86.6 Å². The van der Waals surface area contributed by atoms with Crippen molar-refractivity contribution < 1.29 is 22.2 Å². The molecule has 0 bridgehead atoms. The minimum Gasteiger partial charge on any atom is -0.418 e. The summed E-state index contributed by atoms with van der Waals surface area (Å²) in [7, 11) is -6.00. The lowest BCUT2D eigenvalue weighted by Crippen LogP contribution is -2.02. The number of nitrogens with zero attached hydrogens (tertiary/aromatic N) is 3. The highest BCUT2D eigenvalue weighted by molar-refractivity contribution is 6.50. The predicted octanol–water partition coefficient (Wildman–Crippen LogP) is 3.38. The summed E-state index contributed by atoms with van der Waals surface area (Å²) in [5.41, 5.74) is 0.0968. The van der Waals surface area contributed by atoms with Crippen LogP contribution < -0.4 is 0 Å². The molecule has 0 amide bonds. The zero-order chi connectivity index (χ0) is 12.8. The van der Waals surface area contributed by atoms with Crippen LogP contribution in [-0.2, 0) is 0 Å². The van der Waals surface area contributed by atoms with Crippen LogP contribution in [-0.4, -0.2) is 12.2 Å². The quantitative estimate of drug-likeness (QED) is 0.247. The molecular weight excluding hydrogens is 233 g/mol. The number of halogens is 4. The van der Waals surface area contributed by atoms with Crippen molar-refractivity contribution >= 4 is 18.6 Å². The number of nitro benzene ring substituents is 1. The van der Waals surface area contributed by atoms with E-state index in [9.17, 15) is 27.4 Å². The fraction of sp³-hybridized carbons (Fsp3) is 0. The summed E-state index contributed by atoms with van der Waals surface area (Å²) in [5, 5.41) is 18.4. The normalized spacial score (nSPS) is 9.69. The molecule has 1 rings (SSSR count). The lowest BCUT2D eigenvalue weighted by molar-refractivity contribution is -0.384. The lowest BCUT2D eigenvalue weighted by Gasteiger charge is -1.94. The van der Waals surface area contributed by atoms with E-state index in [1.54, 1.807) is 0 Å². The van der Waals surface area contributed by atoms with E-state index in [0.29, 0.717) is 0 Å². The first kappa shape index (κ1) is 13.8. The molecule has 0 aliphatic carbocycles. The van der Waals surface area contributed by atoms with Gasteiger partial charge in [0.1, 0.15) is 6.07 Å². The second-order valence-corrected chi connectivity index (χ2v) is 2.37. The van der Waals surface area contributed by atoms with Gasteiger partial charge >= 0.3 is 12.9 Å². The van der Waals surface area contributed by atoms with Crippen molar-refractivity contribution in [2.45, 2.75) is 0 Å². The van der Waals surface area contributed by atoms with Crippen LogP contribution in [0.5, 0.6) is 0 Å². The van der Waals surface area contributed by atoms with E-state index in [1.807, 2.05) is 0 Å². The molecule has 16 heavy (non-hydrogen) atoms. The average molecular weight is 237 g/mol. The van der Waals surface area contributed by atoms with Gasteiger partial charge in [0.25, 0.3) is 5.69 Å². The van der Waals surface area contributed by atoms with E-state index in [-0.39, 0.29) is 11.4 Å². The topological polar surface area (TPSA) is 71.3 Å². The molecule has 0 saturated heterocycles. The van der Waals surface area contributed by atoms with Crippen molar-refractivity contribution in [1.29, 1.82) is 5.39 Å². The second-order valence-electron chi connectivity index (χ2n) is 2.37. The van der Waals surface area contributed by atoms with E-state index < -0.39 is 12.2 Å². The van der Waals surface area contributed by atoms with E-state index in [1.165, 1.54) is 24.3 Å².